The molecular weight excluding hydrogens is 284 g/mol. The highest BCUT2D eigenvalue weighted by Crippen LogP contribution is 2.15. The van der Waals surface area contributed by atoms with Crippen molar-refractivity contribution in [1.82, 2.24) is 15.1 Å². The number of carbonyl (C=O) groups excluding carboxylic acids is 2. The second kappa shape index (κ2) is 6.05. The summed E-state index contributed by atoms with van der Waals surface area (Å²) < 4.78 is 6.60. The van der Waals surface area contributed by atoms with E-state index in [1.54, 1.807) is 24.0 Å². The third-order valence-corrected chi connectivity index (χ3v) is 3.06. The first-order valence-electron chi connectivity index (χ1n) is 6.96. The molecule has 0 aliphatic heterocycles. The molecule has 2 N–H and O–H groups in total. The molecule has 7 heteroatoms. The van der Waals surface area contributed by atoms with Crippen molar-refractivity contribution in [1.29, 1.82) is 0 Å². The predicted molar refractivity (Wildman–Crippen MR) is 81.5 cm³/mol. The topological polar surface area (TPSA) is 89.2 Å². The van der Waals surface area contributed by atoms with E-state index in [1.807, 2.05) is 20.8 Å². The number of furan rings is 1. The van der Waals surface area contributed by atoms with Crippen molar-refractivity contribution in [3.63, 3.8) is 0 Å². The smallest absolute Gasteiger partial charge is 0.255 e. The minimum absolute atomic E-state index is 0.163. The van der Waals surface area contributed by atoms with Crippen molar-refractivity contribution in [3.8, 4) is 0 Å². The summed E-state index contributed by atoms with van der Waals surface area (Å²) in [5.41, 5.74) is 0.800. The van der Waals surface area contributed by atoms with Crippen LogP contribution in [0.4, 0.5) is 5.69 Å². The Morgan fingerprint density at radius 1 is 1.36 bits per heavy atom. The lowest BCUT2D eigenvalue weighted by Gasteiger charge is -2.18. The number of carbonyl (C=O) groups is 2. The highest BCUT2D eigenvalue weighted by molar-refractivity contribution is 6.00. The highest BCUT2D eigenvalue weighted by atomic mass is 16.3. The van der Waals surface area contributed by atoms with E-state index >= 15 is 0 Å². The Balaban J connectivity index is 1.94. The molecule has 0 radical (unpaired) electrons. The molecule has 0 saturated heterocycles. The molecule has 2 amide bonds. The fourth-order valence-corrected chi connectivity index (χ4v) is 1.74. The van der Waals surface area contributed by atoms with Crippen LogP contribution in [0.15, 0.2) is 35.4 Å². The number of nitrogens with one attached hydrogen (secondary N) is 2. The van der Waals surface area contributed by atoms with Crippen molar-refractivity contribution in [2.45, 2.75) is 39.3 Å². The van der Waals surface area contributed by atoms with Crippen LogP contribution in [0.2, 0.25) is 0 Å². The van der Waals surface area contributed by atoms with Gasteiger partial charge in [0.15, 0.2) is 0 Å². The Morgan fingerprint density at radius 3 is 2.64 bits per heavy atom. The van der Waals surface area contributed by atoms with E-state index in [9.17, 15) is 9.59 Å². The number of nitrogens with zero attached hydrogens (tertiary/aromatic N) is 2. The second-order valence-electron chi connectivity index (χ2n) is 6.04. The Bertz CT molecular complexity index is 653. The first-order valence-corrected chi connectivity index (χ1v) is 6.96. The quantitative estimate of drug-likeness (QED) is 0.904. The summed E-state index contributed by atoms with van der Waals surface area (Å²) in [7, 11) is 0. The molecule has 0 aliphatic carbocycles. The SMILES string of the molecule is CC(NC(=O)c1ccoc1)C(=O)Nc1cnn(C(C)(C)C)c1. The standard InChI is InChI=1S/C15H20N4O3/c1-10(17-14(21)11-5-6-22-9-11)13(20)18-12-7-16-19(8-12)15(2,3)4/h5-10H,1-4H3,(H,17,21)(H,18,20). The number of rotatable bonds is 4. The number of hydrogen-bond acceptors (Lipinski definition) is 4. The van der Waals surface area contributed by atoms with Gasteiger partial charge in [0, 0.05) is 6.20 Å². The lowest BCUT2D eigenvalue weighted by molar-refractivity contribution is -0.117. The second-order valence-corrected chi connectivity index (χ2v) is 6.04. The molecule has 7 nitrogen and oxygen atoms in total. The van der Waals surface area contributed by atoms with Gasteiger partial charge in [-0.25, -0.2) is 0 Å². The van der Waals surface area contributed by atoms with Gasteiger partial charge in [-0.05, 0) is 33.8 Å². The third kappa shape index (κ3) is 3.75. The van der Waals surface area contributed by atoms with Crippen LogP contribution in [-0.4, -0.2) is 27.6 Å². The van der Waals surface area contributed by atoms with E-state index in [2.05, 4.69) is 15.7 Å². The molecule has 0 fully saturated rings. The fourth-order valence-electron chi connectivity index (χ4n) is 1.74. The maximum absolute atomic E-state index is 12.1. The Morgan fingerprint density at radius 2 is 2.09 bits per heavy atom. The lowest BCUT2D eigenvalue weighted by Crippen LogP contribution is -2.41. The van der Waals surface area contributed by atoms with Gasteiger partial charge in [-0.15, -0.1) is 0 Å². The van der Waals surface area contributed by atoms with E-state index < -0.39 is 6.04 Å². The molecule has 22 heavy (non-hydrogen) atoms. The van der Waals surface area contributed by atoms with Crippen LogP contribution in [0, 0.1) is 0 Å². The van der Waals surface area contributed by atoms with Gasteiger partial charge in [0.1, 0.15) is 12.3 Å². The van der Waals surface area contributed by atoms with Gasteiger partial charge in [-0.1, -0.05) is 0 Å². The van der Waals surface area contributed by atoms with E-state index in [4.69, 9.17) is 4.42 Å². The van der Waals surface area contributed by atoms with Gasteiger partial charge in [0.2, 0.25) is 5.91 Å². The van der Waals surface area contributed by atoms with Gasteiger partial charge in [-0.2, -0.15) is 5.10 Å². The molecule has 2 rings (SSSR count). The number of amides is 2. The minimum Gasteiger partial charge on any atom is -0.472 e. The number of anilines is 1. The predicted octanol–water partition coefficient (Wildman–Crippen LogP) is 1.99. The summed E-state index contributed by atoms with van der Waals surface area (Å²) >= 11 is 0. The zero-order chi connectivity index (χ0) is 16.3. The summed E-state index contributed by atoms with van der Waals surface area (Å²) in [6.45, 7) is 7.65. The zero-order valence-electron chi connectivity index (χ0n) is 13.1. The molecule has 0 aliphatic rings. The normalized spacial score (nSPS) is 12.7. The van der Waals surface area contributed by atoms with E-state index in [0.29, 0.717) is 11.3 Å². The Hall–Kier alpha value is -2.57. The van der Waals surface area contributed by atoms with Gasteiger partial charge < -0.3 is 15.1 Å². The molecule has 0 saturated carbocycles. The largest absolute Gasteiger partial charge is 0.472 e. The van der Waals surface area contributed by atoms with E-state index in [1.165, 1.54) is 18.6 Å². The van der Waals surface area contributed by atoms with Crippen molar-refractivity contribution in [2.75, 3.05) is 5.32 Å². The maximum Gasteiger partial charge on any atom is 0.255 e. The molecule has 2 heterocycles. The fraction of sp³-hybridized carbons (Fsp3) is 0.400. The molecule has 1 unspecified atom stereocenters. The Labute approximate surface area is 128 Å². The van der Waals surface area contributed by atoms with Crippen molar-refractivity contribution in [3.05, 3.63) is 36.5 Å². The monoisotopic (exact) mass is 304 g/mol. The van der Waals surface area contributed by atoms with Crippen LogP contribution < -0.4 is 10.6 Å². The third-order valence-electron chi connectivity index (χ3n) is 3.06. The van der Waals surface area contributed by atoms with Gasteiger partial charge in [0.05, 0.1) is 29.2 Å². The molecule has 2 aromatic heterocycles. The molecule has 0 bridgehead atoms. The molecule has 0 spiro atoms. The average molecular weight is 304 g/mol. The Kier molecular flexibility index (Phi) is 4.35. The lowest BCUT2D eigenvalue weighted by atomic mass is 10.1. The van der Waals surface area contributed by atoms with Crippen LogP contribution in [0.1, 0.15) is 38.1 Å². The summed E-state index contributed by atoms with van der Waals surface area (Å²) in [4.78, 5) is 23.9. The maximum atomic E-state index is 12.1. The summed E-state index contributed by atoms with van der Waals surface area (Å²) in [5.74, 6) is -0.674. The molecule has 2 aromatic rings. The van der Waals surface area contributed by atoms with Crippen molar-refractivity contribution in [2.24, 2.45) is 0 Å². The van der Waals surface area contributed by atoms with E-state index in [-0.39, 0.29) is 17.4 Å². The molecule has 1 atom stereocenters. The van der Waals surface area contributed by atoms with Crippen LogP contribution in [-0.2, 0) is 10.3 Å². The summed E-state index contributed by atoms with van der Waals surface area (Å²) in [6.07, 6.45) is 6.06. The summed E-state index contributed by atoms with van der Waals surface area (Å²) in [5, 5.41) is 9.53. The van der Waals surface area contributed by atoms with Crippen LogP contribution in [0.25, 0.3) is 0 Å². The van der Waals surface area contributed by atoms with Crippen molar-refractivity contribution >= 4 is 17.5 Å². The molecular formula is C15H20N4O3. The molecule has 0 aromatic carbocycles. The summed E-state index contributed by atoms with van der Waals surface area (Å²) in [6, 6.07) is 0.855. The minimum atomic E-state index is -0.680. The first kappa shape index (κ1) is 15.8. The van der Waals surface area contributed by atoms with Gasteiger partial charge >= 0.3 is 0 Å². The van der Waals surface area contributed by atoms with Gasteiger partial charge in [0.25, 0.3) is 5.91 Å². The average Bonchev–Trinajstić information content (AvgIpc) is 3.08. The first-order chi connectivity index (χ1) is 10.3. The number of hydrogen-bond donors (Lipinski definition) is 2. The van der Waals surface area contributed by atoms with E-state index in [0.717, 1.165) is 0 Å². The molecule has 118 valence electrons. The zero-order valence-corrected chi connectivity index (χ0v) is 13.1. The van der Waals surface area contributed by atoms with Gasteiger partial charge in [-0.3, -0.25) is 14.3 Å². The number of aromatic nitrogens is 2. The van der Waals surface area contributed by atoms with Crippen LogP contribution >= 0.6 is 0 Å². The highest BCUT2D eigenvalue weighted by Gasteiger charge is 2.19. The van der Waals surface area contributed by atoms with Crippen LogP contribution in [0.5, 0.6) is 0 Å². The van der Waals surface area contributed by atoms with Crippen molar-refractivity contribution < 1.29 is 14.0 Å². The van der Waals surface area contributed by atoms with Crippen LogP contribution in [0.3, 0.4) is 0 Å².